The molecule has 0 bridgehead atoms. The third kappa shape index (κ3) is 8.05. The summed E-state index contributed by atoms with van der Waals surface area (Å²) in [6.45, 7) is 1.26. The summed E-state index contributed by atoms with van der Waals surface area (Å²) in [5, 5.41) is 6.49. The molecule has 0 aliphatic rings. The Hall–Kier alpha value is -2.88. The van der Waals surface area contributed by atoms with Crippen LogP contribution in [-0.2, 0) is 13.0 Å². The zero-order chi connectivity index (χ0) is 21.2. The van der Waals surface area contributed by atoms with Crippen LogP contribution in [-0.4, -0.2) is 31.6 Å². The number of pyridine rings is 1. The first-order valence-electron chi connectivity index (χ1n) is 9.62. The molecule has 1 heterocycles. The van der Waals surface area contributed by atoms with Gasteiger partial charge in [0.25, 0.3) is 0 Å². The minimum Gasteiger partial charge on any atom is -0.497 e. The third-order valence-electron chi connectivity index (χ3n) is 4.36. The zero-order valence-electron chi connectivity index (χ0n) is 17.5. The fourth-order valence-electron chi connectivity index (χ4n) is 2.74. The van der Waals surface area contributed by atoms with Crippen LogP contribution in [0, 0.1) is 5.82 Å². The van der Waals surface area contributed by atoms with Crippen molar-refractivity contribution in [3.8, 4) is 17.4 Å². The zero-order valence-corrected chi connectivity index (χ0v) is 19.8. The number of aromatic nitrogens is 1. The number of aliphatic imine (C=N–C) groups is 1. The van der Waals surface area contributed by atoms with E-state index in [0.29, 0.717) is 30.7 Å². The van der Waals surface area contributed by atoms with E-state index in [-0.39, 0.29) is 29.8 Å². The number of benzene rings is 2. The summed E-state index contributed by atoms with van der Waals surface area (Å²) in [6.07, 6.45) is 2.53. The van der Waals surface area contributed by atoms with Crippen molar-refractivity contribution in [1.82, 2.24) is 15.6 Å². The summed E-state index contributed by atoms with van der Waals surface area (Å²) in [5.41, 5.74) is 2.06. The monoisotopic (exact) mass is 536 g/mol. The fourth-order valence-corrected chi connectivity index (χ4v) is 2.74. The quantitative estimate of drug-likeness (QED) is 0.251. The van der Waals surface area contributed by atoms with Gasteiger partial charge in [0.2, 0.25) is 5.88 Å². The molecule has 0 spiro atoms. The Morgan fingerprint density at radius 1 is 1.00 bits per heavy atom. The highest BCUT2D eigenvalue weighted by Crippen LogP contribution is 2.23. The summed E-state index contributed by atoms with van der Waals surface area (Å²) >= 11 is 0. The van der Waals surface area contributed by atoms with Crippen molar-refractivity contribution in [3.63, 3.8) is 0 Å². The van der Waals surface area contributed by atoms with E-state index in [4.69, 9.17) is 9.47 Å². The minimum absolute atomic E-state index is 0. The molecule has 3 rings (SSSR count). The van der Waals surface area contributed by atoms with Crippen molar-refractivity contribution in [3.05, 3.63) is 83.8 Å². The van der Waals surface area contributed by atoms with Crippen LogP contribution in [0.25, 0.3) is 0 Å². The van der Waals surface area contributed by atoms with Crippen LogP contribution < -0.4 is 20.1 Å². The van der Waals surface area contributed by atoms with Crippen molar-refractivity contribution >= 4 is 29.9 Å². The van der Waals surface area contributed by atoms with Gasteiger partial charge in [-0.1, -0.05) is 24.3 Å². The van der Waals surface area contributed by atoms with Gasteiger partial charge in [0.1, 0.15) is 17.3 Å². The van der Waals surface area contributed by atoms with E-state index < -0.39 is 0 Å². The molecule has 2 N–H and O–H groups in total. The standard InChI is InChI=1S/C23H25FN4O2.HI/c1-25-23(26-13-12-17-6-9-19(24)10-7-17)28-16-18-8-11-22(27-15-18)30-21-5-3-4-20(14-21)29-2;/h3-11,14-15H,12-13,16H2,1-2H3,(H2,25,26,28);1H. The van der Waals surface area contributed by atoms with E-state index in [1.54, 1.807) is 38.6 Å². The molecule has 3 aromatic rings. The van der Waals surface area contributed by atoms with E-state index in [1.165, 1.54) is 12.1 Å². The van der Waals surface area contributed by atoms with Crippen molar-refractivity contribution < 1.29 is 13.9 Å². The van der Waals surface area contributed by atoms with Crippen LogP contribution in [0.5, 0.6) is 17.4 Å². The Kier molecular flexibility index (Phi) is 10.0. The summed E-state index contributed by atoms with van der Waals surface area (Å²) in [5.74, 6) is 2.37. The van der Waals surface area contributed by atoms with Gasteiger partial charge in [-0.25, -0.2) is 9.37 Å². The molecule has 0 aliphatic heterocycles. The molecule has 1 aromatic heterocycles. The Balaban J connectivity index is 0.00000341. The first kappa shape index (κ1) is 24.4. The summed E-state index contributed by atoms with van der Waals surface area (Å²) < 4.78 is 23.9. The van der Waals surface area contributed by atoms with E-state index in [0.717, 1.165) is 23.3 Å². The lowest BCUT2D eigenvalue weighted by atomic mass is 10.1. The van der Waals surface area contributed by atoms with Crippen molar-refractivity contribution in [2.45, 2.75) is 13.0 Å². The predicted octanol–water partition coefficient (Wildman–Crippen LogP) is 4.55. The Bertz CT molecular complexity index is 966. The Labute approximate surface area is 198 Å². The molecular weight excluding hydrogens is 510 g/mol. The van der Waals surface area contributed by atoms with Gasteiger partial charge in [-0.3, -0.25) is 4.99 Å². The highest BCUT2D eigenvalue weighted by Gasteiger charge is 2.03. The summed E-state index contributed by atoms with van der Waals surface area (Å²) in [6, 6.07) is 17.6. The molecule has 0 amide bonds. The smallest absolute Gasteiger partial charge is 0.219 e. The highest BCUT2D eigenvalue weighted by molar-refractivity contribution is 14.0. The van der Waals surface area contributed by atoms with Crippen molar-refractivity contribution in [2.24, 2.45) is 4.99 Å². The number of methoxy groups -OCH3 is 1. The van der Waals surface area contributed by atoms with E-state index in [9.17, 15) is 4.39 Å². The van der Waals surface area contributed by atoms with Crippen LogP contribution in [0.2, 0.25) is 0 Å². The molecule has 2 aromatic carbocycles. The fraction of sp³-hybridized carbons (Fsp3) is 0.217. The number of guanidine groups is 1. The molecule has 0 aliphatic carbocycles. The van der Waals surface area contributed by atoms with Crippen LogP contribution in [0.3, 0.4) is 0 Å². The van der Waals surface area contributed by atoms with Gasteiger partial charge in [-0.15, -0.1) is 24.0 Å². The number of rotatable bonds is 8. The van der Waals surface area contributed by atoms with Gasteiger partial charge in [0.05, 0.1) is 7.11 Å². The molecule has 0 unspecified atom stereocenters. The van der Waals surface area contributed by atoms with E-state index >= 15 is 0 Å². The molecule has 31 heavy (non-hydrogen) atoms. The lowest BCUT2D eigenvalue weighted by Gasteiger charge is -2.12. The van der Waals surface area contributed by atoms with Crippen LogP contribution in [0.1, 0.15) is 11.1 Å². The molecule has 6 nitrogen and oxygen atoms in total. The lowest BCUT2D eigenvalue weighted by Crippen LogP contribution is -2.37. The minimum atomic E-state index is -0.224. The van der Waals surface area contributed by atoms with Gasteiger partial charge in [-0.2, -0.15) is 0 Å². The maximum Gasteiger partial charge on any atom is 0.219 e. The number of hydrogen-bond acceptors (Lipinski definition) is 4. The third-order valence-corrected chi connectivity index (χ3v) is 4.36. The normalized spacial score (nSPS) is 10.7. The maximum absolute atomic E-state index is 13.0. The summed E-state index contributed by atoms with van der Waals surface area (Å²) in [4.78, 5) is 8.56. The molecule has 0 radical (unpaired) electrons. The van der Waals surface area contributed by atoms with Crippen LogP contribution >= 0.6 is 24.0 Å². The Morgan fingerprint density at radius 2 is 1.74 bits per heavy atom. The van der Waals surface area contributed by atoms with Crippen LogP contribution in [0.4, 0.5) is 4.39 Å². The number of halogens is 2. The molecule has 164 valence electrons. The molecule has 0 fully saturated rings. The molecule has 0 saturated carbocycles. The second kappa shape index (κ2) is 12.7. The van der Waals surface area contributed by atoms with Crippen molar-refractivity contribution in [1.29, 1.82) is 0 Å². The van der Waals surface area contributed by atoms with Gasteiger partial charge in [0.15, 0.2) is 5.96 Å². The first-order chi connectivity index (χ1) is 14.7. The average Bonchev–Trinajstić information content (AvgIpc) is 2.78. The van der Waals surface area contributed by atoms with Crippen molar-refractivity contribution in [2.75, 3.05) is 20.7 Å². The van der Waals surface area contributed by atoms with Gasteiger partial charge in [0, 0.05) is 38.5 Å². The van der Waals surface area contributed by atoms with Gasteiger partial charge < -0.3 is 20.1 Å². The Morgan fingerprint density at radius 3 is 2.42 bits per heavy atom. The molecular formula is C23H26FIN4O2. The van der Waals surface area contributed by atoms with Crippen LogP contribution in [0.15, 0.2) is 71.9 Å². The number of nitrogens with one attached hydrogen (secondary N) is 2. The number of hydrogen-bond donors (Lipinski definition) is 2. The topological polar surface area (TPSA) is 67.8 Å². The SMILES string of the molecule is CN=C(NCCc1ccc(F)cc1)NCc1ccc(Oc2cccc(OC)c2)nc1.I. The van der Waals surface area contributed by atoms with Gasteiger partial charge in [-0.05, 0) is 41.8 Å². The summed E-state index contributed by atoms with van der Waals surface area (Å²) in [7, 11) is 3.33. The number of nitrogens with zero attached hydrogens (tertiary/aromatic N) is 2. The largest absolute Gasteiger partial charge is 0.497 e. The number of ether oxygens (including phenoxy) is 2. The maximum atomic E-state index is 13.0. The first-order valence-corrected chi connectivity index (χ1v) is 9.62. The highest BCUT2D eigenvalue weighted by atomic mass is 127. The second-order valence-electron chi connectivity index (χ2n) is 6.51. The average molecular weight is 536 g/mol. The molecule has 0 atom stereocenters. The molecule has 8 heteroatoms. The van der Waals surface area contributed by atoms with E-state index in [2.05, 4.69) is 20.6 Å². The molecule has 0 saturated heterocycles. The van der Waals surface area contributed by atoms with Gasteiger partial charge >= 0.3 is 0 Å². The second-order valence-corrected chi connectivity index (χ2v) is 6.51. The van der Waals surface area contributed by atoms with E-state index in [1.807, 2.05) is 30.3 Å². The predicted molar refractivity (Wildman–Crippen MR) is 131 cm³/mol. The lowest BCUT2D eigenvalue weighted by molar-refractivity contribution is 0.407.